The Labute approximate surface area is 148 Å². The summed E-state index contributed by atoms with van der Waals surface area (Å²) >= 11 is 0. The molecule has 0 aromatic heterocycles. The number of carbonyl (C=O) groups excluding carboxylic acids is 2. The Kier molecular flexibility index (Phi) is 3.63. The Balaban J connectivity index is 1.63. The first kappa shape index (κ1) is 16.2. The molecule has 1 aromatic carbocycles. The van der Waals surface area contributed by atoms with E-state index in [2.05, 4.69) is 29.5 Å². The van der Waals surface area contributed by atoms with Gasteiger partial charge in [-0.05, 0) is 43.2 Å². The summed E-state index contributed by atoms with van der Waals surface area (Å²) in [5.74, 6) is 0.349. The van der Waals surface area contributed by atoms with E-state index in [1.54, 1.807) is 6.08 Å². The Morgan fingerprint density at radius 3 is 2.96 bits per heavy atom. The van der Waals surface area contributed by atoms with Crippen LogP contribution < -0.4 is 16.0 Å². The van der Waals surface area contributed by atoms with Crippen molar-refractivity contribution in [2.45, 2.75) is 38.3 Å². The number of rotatable bonds is 3. The zero-order valence-electron chi connectivity index (χ0n) is 14.6. The summed E-state index contributed by atoms with van der Waals surface area (Å²) in [6, 6.07) is 7.65. The van der Waals surface area contributed by atoms with Gasteiger partial charge in [0.15, 0.2) is 0 Å². The third kappa shape index (κ3) is 2.44. The average molecular weight is 339 g/mol. The molecule has 0 saturated heterocycles. The minimum Gasteiger partial charge on any atom is -0.362 e. The van der Waals surface area contributed by atoms with Gasteiger partial charge in [0, 0.05) is 24.1 Å². The van der Waals surface area contributed by atoms with Crippen molar-refractivity contribution < 1.29 is 9.59 Å². The van der Waals surface area contributed by atoms with Crippen molar-refractivity contribution in [2.75, 3.05) is 11.9 Å². The Bertz CT molecular complexity index is 746. The molecular weight excluding hydrogens is 314 g/mol. The number of hydrogen-bond acceptors (Lipinski definition) is 3. The number of nitrogens with one attached hydrogen (secondary N) is 3. The lowest BCUT2D eigenvalue weighted by molar-refractivity contribution is -0.139. The maximum atomic E-state index is 12.7. The molecule has 2 amide bonds. The lowest BCUT2D eigenvalue weighted by atomic mass is 9.51. The molecule has 132 valence electrons. The third-order valence-electron chi connectivity index (χ3n) is 6.41. The molecule has 5 heteroatoms. The molecule has 5 rings (SSSR count). The van der Waals surface area contributed by atoms with Crippen LogP contribution in [0.3, 0.4) is 0 Å². The SMILES string of the molecule is C=CCNC(=O)C1CC2CCC1(C)C[C@@]21NC(=O)c2ccccc2N1. The first-order chi connectivity index (χ1) is 12.0. The van der Waals surface area contributed by atoms with Crippen LogP contribution in [0.2, 0.25) is 0 Å². The Morgan fingerprint density at radius 1 is 1.40 bits per heavy atom. The highest BCUT2D eigenvalue weighted by Gasteiger charge is 2.60. The molecule has 5 nitrogen and oxygen atoms in total. The zero-order valence-corrected chi connectivity index (χ0v) is 14.6. The monoisotopic (exact) mass is 339 g/mol. The molecule has 4 atom stereocenters. The first-order valence-electron chi connectivity index (χ1n) is 9.06. The van der Waals surface area contributed by atoms with Crippen molar-refractivity contribution in [3.63, 3.8) is 0 Å². The molecule has 4 aliphatic rings. The molecule has 25 heavy (non-hydrogen) atoms. The van der Waals surface area contributed by atoms with Crippen molar-refractivity contribution in [3.8, 4) is 0 Å². The van der Waals surface area contributed by atoms with Gasteiger partial charge in [0.05, 0.1) is 5.56 Å². The fraction of sp³-hybridized carbons (Fsp3) is 0.500. The van der Waals surface area contributed by atoms with Crippen LogP contribution in [-0.2, 0) is 4.79 Å². The van der Waals surface area contributed by atoms with Crippen molar-refractivity contribution in [1.29, 1.82) is 0 Å². The predicted octanol–water partition coefficient (Wildman–Crippen LogP) is 2.67. The molecule has 1 heterocycles. The Hall–Kier alpha value is -2.30. The van der Waals surface area contributed by atoms with Gasteiger partial charge in [0.25, 0.3) is 5.91 Å². The van der Waals surface area contributed by atoms with Gasteiger partial charge >= 0.3 is 0 Å². The molecule has 2 bridgehead atoms. The van der Waals surface area contributed by atoms with Crippen LogP contribution in [0, 0.1) is 17.3 Å². The topological polar surface area (TPSA) is 70.2 Å². The van der Waals surface area contributed by atoms with Gasteiger partial charge in [-0.2, -0.15) is 0 Å². The van der Waals surface area contributed by atoms with Gasteiger partial charge in [0.2, 0.25) is 5.91 Å². The van der Waals surface area contributed by atoms with Crippen molar-refractivity contribution in [3.05, 3.63) is 42.5 Å². The van der Waals surface area contributed by atoms with Gasteiger partial charge < -0.3 is 16.0 Å². The summed E-state index contributed by atoms with van der Waals surface area (Å²) < 4.78 is 0. The third-order valence-corrected chi connectivity index (χ3v) is 6.41. The molecule has 0 radical (unpaired) electrons. The maximum absolute atomic E-state index is 12.7. The highest BCUT2D eigenvalue weighted by molar-refractivity contribution is 6.02. The van der Waals surface area contributed by atoms with Crippen LogP contribution in [0.5, 0.6) is 0 Å². The van der Waals surface area contributed by atoms with Gasteiger partial charge in [-0.3, -0.25) is 9.59 Å². The van der Waals surface area contributed by atoms with E-state index in [0.29, 0.717) is 12.1 Å². The molecule has 3 unspecified atom stereocenters. The quantitative estimate of drug-likeness (QED) is 0.742. The van der Waals surface area contributed by atoms with Gasteiger partial charge in [0.1, 0.15) is 5.66 Å². The molecule has 1 aromatic rings. The lowest BCUT2D eigenvalue weighted by Crippen LogP contribution is -2.70. The number of carbonyl (C=O) groups is 2. The highest BCUT2D eigenvalue weighted by Crippen LogP contribution is 2.58. The number of para-hydroxylation sites is 1. The molecule has 3 fully saturated rings. The van der Waals surface area contributed by atoms with E-state index in [9.17, 15) is 9.59 Å². The van der Waals surface area contributed by atoms with Gasteiger partial charge in [-0.15, -0.1) is 6.58 Å². The summed E-state index contributed by atoms with van der Waals surface area (Å²) in [5, 5.41) is 9.83. The molecule has 1 spiro atoms. The summed E-state index contributed by atoms with van der Waals surface area (Å²) in [6.07, 6.45) is 5.33. The van der Waals surface area contributed by atoms with E-state index in [1.807, 2.05) is 24.3 Å². The smallest absolute Gasteiger partial charge is 0.255 e. The predicted molar refractivity (Wildman–Crippen MR) is 97.0 cm³/mol. The fourth-order valence-corrected chi connectivity index (χ4v) is 5.15. The second-order valence-corrected chi connectivity index (χ2v) is 7.98. The summed E-state index contributed by atoms with van der Waals surface area (Å²) in [7, 11) is 0. The van der Waals surface area contributed by atoms with Crippen LogP contribution in [-0.4, -0.2) is 24.0 Å². The number of anilines is 1. The van der Waals surface area contributed by atoms with E-state index in [1.165, 1.54) is 0 Å². The number of fused-ring (bicyclic) bond motifs is 3. The lowest BCUT2D eigenvalue weighted by Gasteiger charge is -2.60. The van der Waals surface area contributed by atoms with Crippen LogP contribution in [0.4, 0.5) is 5.69 Å². The molecule has 3 N–H and O–H groups in total. The second-order valence-electron chi connectivity index (χ2n) is 7.98. The molecule has 1 aliphatic heterocycles. The van der Waals surface area contributed by atoms with Crippen LogP contribution in [0.1, 0.15) is 43.0 Å². The van der Waals surface area contributed by atoms with Crippen molar-refractivity contribution in [1.82, 2.24) is 10.6 Å². The van der Waals surface area contributed by atoms with Crippen molar-refractivity contribution in [2.24, 2.45) is 17.3 Å². The molecular formula is C20H25N3O2. The van der Waals surface area contributed by atoms with E-state index >= 15 is 0 Å². The van der Waals surface area contributed by atoms with E-state index in [0.717, 1.165) is 31.4 Å². The van der Waals surface area contributed by atoms with Crippen molar-refractivity contribution >= 4 is 17.5 Å². The minimum absolute atomic E-state index is 0.00676. The minimum atomic E-state index is -0.437. The second kappa shape index (κ2) is 5.61. The van der Waals surface area contributed by atoms with E-state index in [4.69, 9.17) is 0 Å². The maximum Gasteiger partial charge on any atom is 0.255 e. The number of hydrogen-bond donors (Lipinski definition) is 3. The van der Waals surface area contributed by atoms with E-state index in [-0.39, 0.29) is 29.1 Å². The number of amides is 2. The van der Waals surface area contributed by atoms with Gasteiger partial charge in [-0.25, -0.2) is 0 Å². The normalized spacial score (nSPS) is 35.5. The van der Waals surface area contributed by atoms with Crippen LogP contribution in [0.15, 0.2) is 36.9 Å². The average Bonchev–Trinajstić information content (AvgIpc) is 2.59. The standard InChI is InChI=1S/C20H25N3O2/c1-3-10-21-18(25)15-11-13-8-9-19(15,2)12-20(13)22-16-7-5-4-6-14(16)17(24)23-20/h3-7,13,15,22H,1,8-12H2,2H3,(H,21,25)(H,23,24)/t13?,15?,19?,20-/m1/s1. The first-order valence-corrected chi connectivity index (χ1v) is 9.06. The molecule has 3 aliphatic carbocycles. The zero-order chi connectivity index (χ0) is 17.7. The largest absolute Gasteiger partial charge is 0.362 e. The highest BCUT2D eigenvalue weighted by atomic mass is 16.2. The Morgan fingerprint density at radius 2 is 2.20 bits per heavy atom. The number of benzene rings is 1. The molecule has 3 saturated carbocycles. The summed E-state index contributed by atoms with van der Waals surface area (Å²) in [5.41, 5.74) is 1.04. The summed E-state index contributed by atoms with van der Waals surface area (Å²) in [6.45, 7) is 6.36. The van der Waals surface area contributed by atoms with E-state index < -0.39 is 5.66 Å². The van der Waals surface area contributed by atoms with Crippen LogP contribution in [0.25, 0.3) is 0 Å². The van der Waals surface area contributed by atoms with Crippen LogP contribution >= 0.6 is 0 Å². The van der Waals surface area contributed by atoms with Gasteiger partial charge in [-0.1, -0.05) is 25.1 Å². The fourth-order valence-electron chi connectivity index (χ4n) is 5.15. The summed E-state index contributed by atoms with van der Waals surface area (Å²) in [4.78, 5) is 25.3.